The predicted molar refractivity (Wildman–Crippen MR) is 113 cm³/mol. The second-order valence-electron chi connectivity index (χ2n) is 7.49. The van der Waals surface area contributed by atoms with E-state index in [1.807, 2.05) is 0 Å². The van der Waals surface area contributed by atoms with E-state index in [2.05, 4.69) is 10.0 Å². The molecule has 1 saturated heterocycles. The molecule has 1 atom stereocenters. The fraction of sp³-hybridized carbons (Fsp3) is 0.333. The minimum atomic E-state index is -3.44. The Kier molecular flexibility index (Phi) is 6.40. The highest BCUT2D eigenvalue weighted by atomic mass is 32.2. The van der Waals surface area contributed by atoms with Crippen LogP contribution in [0.4, 0.5) is 15.8 Å². The van der Waals surface area contributed by atoms with E-state index in [0.29, 0.717) is 36.3 Å². The number of carbonyl (C=O) groups excluding carboxylic acids is 2. The van der Waals surface area contributed by atoms with Gasteiger partial charge in [-0.1, -0.05) is 6.07 Å². The molecule has 160 valence electrons. The Morgan fingerprint density at radius 2 is 1.83 bits per heavy atom. The number of sulfonamides is 1. The van der Waals surface area contributed by atoms with Gasteiger partial charge in [0.15, 0.2) is 0 Å². The van der Waals surface area contributed by atoms with Crippen molar-refractivity contribution in [1.82, 2.24) is 4.90 Å². The number of carbonyl (C=O) groups is 2. The SMILES string of the molecule is Cc1ccc(NC(=O)C2CCCN(C(=O)c3ccc(F)cc3)C2)cc1NS(C)(=O)=O. The number of piperidine rings is 1. The number of aryl methyl sites for hydroxylation is 1. The van der Waals surface area contributed by atoms with E-state index in [1.165, 1.54) is 24.3 Å². The Morgan fingerprint density at radius 1 is 1.13 bits per heavy atom. The van der Waals surface area contributed by atoms with Gasteiger partial charge < -0.3 is 10.2 Å². The molecule has 2 aromatic carbocycles. The molecule has 1 fully saturated rings. The molecule has 2 amide bonds. The number of nitrogens with zero attached hydrogens (tertiary/aromatic N) is 1. The van der Waals surface area contributed by atoms with Gasteiger partial charge in [-0.05, 0) is 61.7 Å². The lowest BCUT2D eigenvalue weighted by Gasteiger charge is -2.32. The predicted octanol–water partition coefficient (Wildman–Crippen LogP) is 3.00. The molecule has 0 spiro atoms. The molecule has 2 N–H and O–H groups in total. The molecular weight excluding hydrogens is 409 g/mol. The number of hydrogen-bond donors (Lipinski definition) is 2. The number of hydrogen-bond acceptors (Lipinski definition) is 4. The van der Waals surface area contributed by atoms with Crippen molar-refractivity contribution >= 4 is 33.2 Å². The zero-order valence-electron chi connectivity index (χ0n) is 16.8. The fourth-order valence-electron chi connectivity index (χ4n) is 3.40. The van der Waals surface area contributed by atoms with Gasteiger partial charge in [-0.2, -0.15) is 0 Å². The van der Waals surface area contributed by atoms with Crippen LogP contribution in [0.1, 0.15) is 28.8 Å². The van der Waals surface area contributed by atoms with Gasteiger partial charge in [-0.3, -0.25) is 14.3 Å². The summed E-state index contributed by atoms with van der Waals surface area (Å²) in [7, 11) is -3.44. The van der Waals surface area contributed by atoms with Crippen LogP contribution in [0.2, 0.25) is 0 Å². The molecule has 0 saturated carbocycles. The summed E-state index contributed by atoms with van der Waals surface area (Å²) in [6.07, 6.45) is 2.38. The highest BCUT2D eigenvalue weighted by Crippen LogP contribution is 2.24. The number of nitrogens with one attached hydrogen (secondary N) is 2. The highest BCUT2D eigenvalue weighted by Gasteiger charge is 2.29. The van der Waals surface area contributed by atoms with Crippen LogP contribution >= 0.6 is 0 Å². The van der Waals surface area contributed by atoms with E-state index in [4.69, 9.17) is 0 Å². The summed E-state index contributed by atoms with van der Waals surface area (Å²) >= 11 is 0. The first-order chi connectivity index (χ1) is 14.1. The third-order valence-corrected chi connectivity index (χ3v) is 5.56. The van der Waals surface area contributed by atoms with Crippen molar-refractivity contribution in [3.05, 3.63) is 59.4 Å². The molecule has 7 nitrogen and oxygen atoms in total. The molecule has 0 bridgehead atoms. The van der Waals surface area contributed by atoms with E-state index in [0.717, 1.165) is 11.8 Å². The number of anilines is 2. The number of halogens is 1. The van der Waals surface area contributed by atoms with E-state index >= 15 is 0 Å². The fourth-order valence-corrected chi connectivity index (χ4v) is 4.02. The Morgan fingerprint density at radius 3 is 2.50 bits per heavy atom. The van der Waals surface area contributed by atoms with E-state index < -0.39 is 21.8 Å². The smallest absolute Gasteiger partial charge is 0.253 e. The van der Waals surface area contributed by atoms with Crippen LogP contribution in [0.3, 0.4) is 0 Å². The van der Waals surface area contributed by atoms with Crippen molar-refractivity contribution in [3.63, 3.8) is 0 Å². The zero-order valence-corrected chi connectivity index (χ0v) is 17.6. The van der Waals surface area contributed by atoms with Crippen molar-refractivity contribution in [2.24, 2.45) is 5.92 Å². The molecular formula is C21H24FN3O4S. The van der Waals surface area contributed by atoms with Crippen molar-refractivity contribution < 1.29 is 22.4 Å². The van der Waals surface area contributed by atoms with Crippen molar-refractivity contribution in [3.8, 4) is 0 Å². The Hall–Kier alpha value is -2.94. The largest absolute Gasteiger partial charge is 0.338 e. The third kappa shape index (κ3) is 5.56. The standard InChI is InChI=1S/C21H24FN3O4S/c1-14-5-10-18(12-19(14)24-30(2,28)29)23-20(26)16-4-3-11-25(13-16)21(27)15-6-8-17(22)9-7-15/h5-10,12,16,24H,3-4,11,13H2,1-2H3,(H,23,26). The first kappa shape index (κ1) is 21.8. The van der Waals surface area contributed by atoms with E-state index in [-0.39, 0.29) is 18.4 Å². The number of rotatable bonds is 5. The molecule has 0 aromatic heterocycles. The first-order valence-corrected chi connectivity index (χ1v) is 11.5. The molecule has 1 aliphatic rings. The third-order valence-electron chi connectivity index (χ3n) is 4.97. The Labute approximate surface area is 175 Å². The molecule has 1 aliphatic heterocycles. The average molecular weight is 434 g/mol. The molecule has 9 heteroatoms. The maximum Gasteiger partial charge on any atom is 0.253 e. The Bertz CT molecular complexity index is 1050. The van der Waals surface area contributed by atoms with Gasteiger partial charge >= 0.3 is 0 Å². The summed E-state index contributed by atoms with van der Waals surface area (Å²) in [4.78, 5) is 27.0. The van der Waals surface area contributed by atoms with Crippen molar-refractivity contribution in [2.75, 3.05) is 29.4 Å². The summed E-state index contributed by atoms with van der Waals surface area (Å²) in [5, 5.41) is 2.81. The topological polar surface area (TPSA) is 95.6 Å². The summed E-state index contributed by atoms with van der Waals surface area (Å²) < 4.78 is 38.5. The normalized spacial score (nSPS) is 16.8. The van der Waals surface area contributed by atoms with Crippen LogP contribution in [-0.2, 0) is 14.8 Å². The lowest BCUT2D eigenvalue weighted by molar-refractivity contribution is -0.121. The maximum atomic E-state index is 13.1. The summed E-state index contributed by atoms with van der Waals surface area (Å²) in [5.74, 6) is -1.27. The van der Waals surface area contributed by atoms with Gasteiger partial charge in [0.25, 0.3) is 5.91 Å². The number of amides is 2. The second kappa shape index (κ2) is 8.83. The highest BCUT2D eigenvalue weighted by molar-refractivity contribution is 7.92. The maximum absolute atomic E-state index is 13.1. The minimum absolute atomic E-state index is 0.234. The van der Waals surface area contributed by atoms with Crippen molar-refractivity contribution in [2.45, 2.75) is 19.8 Å². The molecule has 0 aliphatic carbocycles. The summed E-state index contributed by atoms with van der Waals surface area (Å²) in [5.41, 5.74) is 1.98. The van der Waals surface area contributed by atoms with Crippen LogP contribution in [-0.4, -0.2) is 44.5 Å². The zero-order chi connectivity index (χ0) is 21.9. The quantitative estimate of drug-likeness (QED) is 0.758. The van der Waals surface area contributed by atoms with Crippen LogP contribution in [0.25, 0.3) is 0 Å². The van der Waals surface area contributed by atoms with Gasteiger partial charge in [-0.25, -0.2) is 12.8 Å². The molecule has 2 aromatic rings. The Balaban J connectivity index is 1.67. The average Bonchev–Trinajstić information content (AvgIpc) is 2.69. The van der Waals surface area contributed by atoms with Crippen LogP contribution in [0.15, 0.2) is 42.5 Å². The summed E-state index contributed by atoms with van der Waals surface area (Å²) in [6, 6.07) is 10.3. The second-order valence-corrected chi connectivity index (χ2v) is 9.24. The molecule has 0 radical (unpaired) electrons. The van der Waals surface area contributed by atoms with Gasteiger partial charge in [0, 0.05) is 24.3 Å². The van der Waals surface area contributed by atoms with Gasteiger partial charge in [0.1, 0.15) is 5.82 Å². The van der Waals surface area contributed by atoms with Crippen molar-refractivity contribution in [1.29, 1.82) is 0 Å². The monoisotopic (exact) mass is 433 g/mol. The van der Waals surface area contributed by atoms with Gasteiger partial charge in [0.2, 0.25) is 15.9 Å². The lowest BCUT2D eigenvalue weighted by Crippen LogP contribution is -2.43. The molecule has 30 heavy (non-hydrogen) atoms. The first-order valence-electron chi connectivity index (χ1n) is 9.56. The van der Waals surface area contributed by atoms with Gasteiger partial charge in [0.05, 0.1) is 17.9 Å². The number of benzene rings is 2. The summed E-state index contributed by atoms with van der Waals surface area (Å²) in [6.45, 7) is 2.56. The lowest BCUT2D eigenvalue weighted by atomic mass is 9.96. The van der Waals surface area contributed by atoms with E-state index in [9.17, 15) is 22.4 Å². The van der Waals surface area contributed by atoms with Gasteiger partial charge in [-0.15, -0.1) is 0 Å². The molecule has 1 unspecified atom stereocenters. The minimum Gasteiger partial charge on any atom is -0.338 e. The number of likely N-dealkylation sites (tertiary alicyclic amines) is 1. The van der Waals surface area contributed by atoms with Crippen LogP contribution in [0, 0.1) is 18.7 Å². The molecule has 1 heterocycles. The molecule has 3 rings (SSSR count). The van der Waals surface area contributed by atoms with Crippen LogP contribution < -0.4 is 10.0 Å². The van der Waals surface area contributed by atoms with Crippen LogP contribution in [0.5, 0.6) is 0 Å². The van der Waals surface area contributed by atoms with E-state index in [1.54, 1.807) is 30.0 Å².